The molecule has 0 aromatic heterocycles. The molecule has 0 aliphatic heterocycles. The Kier molecular flexibility index (Phi) is 7.21. The molecule has 108 valence electrons. The second-order valence-electron chi connectivity index (χ2n) is 4.72. The van der Waals surface area contributed by atoms with Crippen LogP contribution in [-0.2, 0) is 11.2 Å². The van der Waals surface area contributed by atoms with Gasteiger partial charge in [0.05, 0.1) is 6.61 Å². The average Bonchev–Trinajstić information content (AvgIpc) is 2.42. The van der Waals surface area contributed by atoms with Crippen molar-refractivity contribution in [2.75, 3.05) is 31.7 Å². The van der Waals surface area contributed by atoms with E-state index in [0.29, 0.717) is 6.61 Å². The van der Waals surface area contributed by atoms with Gasteiger partial charge in [-0.15, -0.1) is 0 Å². The average molecular weight is 285 g/mol. The molecule has 3 nitrogen and oxygen atoms in total. The van der Waals surface area contributed by atoms with Gasteiger partial charge in [0.2, 0.25) is 0 Å². The Morgan fingerprint density at radius 1 is 1.37 bits per heavy atom. The lowest BCUT2D eigenvalue weighted by atomic mass is 10.0. The molecule has 0 spiro atoms. The van der Waals surface area contributed by atoms with Gasteiger partial charge in [0.1, 0.15) is 0 Å². The second-order valence-corrected chi connectivity index (χ2v) is 5.13. The number of halogens is 1. The minimum absolute atomic E-state index is 0.180. The third-order valence-corrected chi connectivity index (χ3v) is 3.71. The van der Waals surface area contributed by atoms with E-state index in [-0.39, 0.29) is 6.04 Å². The highest BCUT2D eigenvalue weighted by atomic mass is 35.5. The number of anilines is 1. The van der Waals surface area contributed by atoms with E-state index < -0.39 is 0 Å². The van der Waals surface area contributed by atoms with E-state index in [1.165, 1.54) is 0 Å². The Morgan fingerprint density at radius 2 is 2.11 bits per heavy atom. The lowest BCUT2D eigenvalue weighted by Crippen LogP contribution is -2.27. The Morgan fingerprint density at radius 3 is 2.63 bits per heavy atom. The molecule has 1 aromatic rings. The van der Waals surface area contributed by atoms with Crippen LogP contribution < -0.4 is 10.6 Å². The number of ether oxygens (including phenoxy) is 1. The Labute approximate surface area is 121 Å². The molecule has 19 heavy (non-hydrogen) atoms. The van der Waals surface area contributed by atoms with E-state index in [9.17, 15) is 0 Å². The molecule has 1 aromatic carbocycles. The second kappa shape index (κ2) is 8.41. The third kappa shape index (κ3) is 5.01. The molecule has 0 amide bonds. The van der Waals surface area contributed by atoms with Crippen molar-refractivity contribution < 1.29 is 4.74 Å². The van der Waals surface area contributed by atoms with Gasteiger partial charge in [-0.2, -0.15) is 0 Å². The van der Waals surface area contributed by atoms with Crippen LogP contribution in [0.15, 0.2) is 18.2 Å². The number of nitrogens with two attached hydrogens (primary N) is 1. The number of likely N-dealkylation sites (N-methyl/N-ethyl adjacent to an activating group) is 1. The Bertz CT molecular complexity index is 384. The maximum Gasteiger partial charge on any atom is 0.0637 e. The van der Waals surface area contributed by atoms with Crippen LogP contribution in [0.3, 0.4) is 0 Å². The van der Waals surface area contributed by atoms with Crippen molar-refractivity contribution in [1.82, 2.24) is 0 Å². The van der Waals surface area contributed by atoms with Crippen LogP contribution in [0.25, 0.3) is 0 Å². The molecule has 0 fully saturated rings. The zero-order valence-corrected chi connectivity index (χ0v) is 12.9. The van der Waals surface area contributed by atoms with Gasteiger partial charge in [-0.1, -0.05) is 24.6 Å². The molecule has 1 unspecified atom stereocenters. The summed E-state index contributed by atoms with van der Waals surface area (Å²) >= 11 is 6.35. The van der Waals surface area contributed by atoms with E-state index in [4.69, 9.17) is 22.1 Å². The molecule has 4 heteroatoms. The Hall–Kier alpha value is -0.770. The van der Waals surface area contributed by atoms with Crippen LogP contribution >= 0.6 is 11.6 Å². The lowest BCUT2D eigenvalue weighted by Gasteiger charge is -2.23. The summed E-state index contributed by atoms with van der Waals surface area (Å²) in [4.78, 5) is 2.25. The normalized spacial score (nSPS) is 12.5. The van der Waals surface area contributed by atoms with Crippen molar-refractivity contribution >= 4 is 17.3 Å². The van der Waals surface area contributed by atoms with Crippen LogP contribution in [-0.4, -0.2) is 32.8 Å². The quantitative estimate of drug-likeness (QED) is 0.797. The number of benzene rings is 1. The molecule has 1 atom stereocenters. The van der Waals surface area contributed by atoms with Gasteiger partial charge in [0.15, 0.2) is 0 Å². The zero-order chi connectivity index (χ0) is 14.3. The topological polar surface area (TPSA) is 38.5 Å². The van der Waals surface area contributed by atoms with Gasteiger partial charge in [0, 0.05) is 37.0 Å². The van der Waals surface area contributed by atoms with E-state index >= 15 is 0 Å². The van der Waals surface area contributed by atoms with Crippen LogP contribution in [0, 0.1) is 0 Å². The van der Waals surface area contributed by atoms with E-state index in [2.05, 4.69) is 30.9 Å². The van der Waals surface area contributed by atoms with E-state index in [1.807, 2.05) is 6.07 Å². The monoisotopic (exact) mass is 284 g/mol. The smallest absolute Gasteiger partial charge is 0.0637 e. The van der Waals surface area contributed by atoms with Crippen molar-refractivity contribution in [3.63, 3.8) is 0 Å². The van der Waals surface area contributed by atoms with Crippen molar-refractivity contribution in [1.29, 1.82) is 0 Å². The van der Waals surface area contributed by atoms with E-state index in [0.717, 1.165) is 42.2 Å². The molecular formula is C15H25ClN2O. The first-order valence-electron chi connectivity index (χ1n) is 6.90. The fourth-order valence-electron chi connectivity index (χ4n) is 2.00. The third-order valence-electron chi connectivity index (χ3n) is 3.36. The maximum absolute atomic E-state index is 6.35. The summed E-state index contributed by atoms with van der Waals surface area (Å²) in [7, 11) is 1.72. The van der Waals surface area contributed by atoms with Gasteiger partial charge in [-0.05, 0) is 37.5 Å². The van der Waals surface area contributed by atoms with Crippen LogP contribution in [0.2, 0.25) is 5.02 Å². The zero-order valence-electron chi connectivity index (χ0n) is 12.2. The van der Waals surface area contributed by atoms with Crippen LogP contribution in [0.4, 0.5) is 5.69 Å². The largest absolute Gasteiger partial charge is 0.383 e. The van der Waals surface area contributed by atoms with Gasteiger partial charge >= 0.3 is 0 Å². The van der Waals surface area contributed by atoms with Gasteiger partial charge < -0.3 is 15.4 Å². The lowest BCUT2D eigenvalue weighted by molar-refractivity contribution is 0.205. The molecule has 0 saturated carbocycles. The van der Waals surface area contributed by atoms with Crippen LogP contribution in [0.5, 0.6) is 0 Å². The minimum Gasteiger partial charge on any atom is -0.383 e. The molecule has 0 heterocycles. The molecule has 0 aliphatic carbocycles. The summed E-state index contributed by atoms with van der Waals surface area (Å²) in [5.41, 5.74) is 8.24. The van der Waals surface area contributed by atoms with Gasteiger partial charge in [-0.3, -0.25) is 0 Å². The van der Waals surface area contributed by atoms with Crippen molar-refractivity contribution in [2.45, 2.75) is 32.7 Å². The highest BCUT2D eigenvalue weighted by Gasteiger charge is 2.09. The summed E-state index contributed by atoms with van der Waals surface area (Å²) in [6, 6.07) is 6.41. The molecule has 2 N–H and O–H groups in total. The summed E-state index contributed by atoms with van der Waals surface area (Å²) in [5.74, 6) is 0. The SMILES string of the molecule is CCC(N)Cc1ccc(N(CC)CCOC)cc1Cl. The van der Waals surface area contributed by atoms with E-state index in [1.54, 1.807) is 7.11 Å². The standard InChI is InChI=1S/C15H25ClN2O/c1-4-13(17)10-12-6-7-14(11-15(12)16)18(5-2)8-9-19-3/h6-7,11,13H,4-5,8-10,17H2,1-3H3. The molecular weight excluding hydrogens is 260 g/mol. The predicted molar refractivity (Wildman–Crippen MR) is 83.2 cm³/mol. The molecule has 1 rings (SSSR count). The van der Waals surface area contributed by atoms with Crippen molar-refractivity contribution in [2.24, 2.45) is 5.73 Å². The Balaban J connectivity index is 2.79. The molecule has 0 radical (unpaired) electrons. The fraction of sp³-hybridized carbons (Fsp3) is 0.600. The van der Waals surface area contributed by atoms with Gasteiger partial charge in [0.25, 0.3) is 0 Å². The van der Waals surface area contributed by atoms with Crippen molar-refractivity contribution in [3.8, 4) is 0 Å². The number of nitrogens with zero attached hydrogens (tertiary/aromatic N) is 1. The first-order chi connectivity index (χ1) is 9.12. The highest BCUT2D eigenvalue weighted by molar-refractivity contribution is 6.31. The molecule has 0 aliphatic rings. The first-order valence-corrected chi connectivity index (χ1v) is 7.28. The summed E-state index contributed by atoms with van der Waals surface area (Å²) in [6.45, 7) is 6.75. The summed E-state index contributed by atoms with van der Waals surface area (Å²) in [5, 5.41) is 0.803. The number of hydrogen-bond donors (Lipinski definition) is 1. The van der Waals surface area contributed by atoms with Crippen LogP contribution in [0.1, 0.15) is 25.8 Å². The minimum atomic E-state index is 0.180. The summed E-state index contributed by atoms with van der Waals surface area (Å²) in [6.07, 6.45) is 1.80. The van der Waals surface area contributed by atoms with Crippen molar-refractivity contribution in [3.05, 3.63) is 28.8 Å². The molecule has 0 bridgehead atoms. The predicted octanol–water partition coefficient (Wildman–Crippen LogP) is 3.09. The first kappa shape index (κ1) is 16.3. The number of rotatable bonds is 8. The van der Waals surface area contributed by atoms with Gasteiger partial charge in [-0.25, -0.2) is 0 Å². The maximum atomic E-state index is 6.35. The number of methoxy groups -OCH3 is 1. The highest BCUT2D eigenvalue weighted by Crippen LogP contribution is 2.24. The summed E-state index contributed by atoms with van der Waals surface area (Å²) < 4.78 is 5.13. The number of hydrogen-bond acceptors (Lipinski definition) is 3. The molecule has 0 saturated heterocycles. The fourth-order valence-corrected chi connectivity index (χ4v) is 2.25.